The van der Waals surface area contributed by atoms with Gasteiger partial charge in [0.05, 0.1) is 0 Å². The average molecular weight is 396 g/mol. The van der Waals surface area contributed by atoms with E-state index in [1.54, 1.807) is 49.6 Å². The summed E-state index contributed by atoms with van der Waals surface area (Å²) in [7, 11) is -3.81. The first kappa shape index (κ1) is 20.1. The van der Waals surface area contributed by atoms with Crippen LogP contribution in [0.25, 0.3) is 0 Å². The van der Waals surface area contributed by atoms with E-state index in [2.05, 4.69) is 15.6 Å². The molecule has 0 unspecified atom stereocenters. The van der Waals surface area contributed by atoms with Crippen LogP contribution >= 0.6 is 11.3 Å². The van der Waals surface area contributed by atoms with Gasteiger partial charge in [-0.3, -0.25) is 20.4 Å². The van der Waals surface area contributed by atoms with Crippen LogP contribution in [0.4, 0.5) is 0 Å². The SMILES string of the molecule is Cc1ccc(C(=O)NNC(=O)[C@H](NS(=O)(=O)c2cccs2)C(C)C)cc1. The Morgan fingerprint density at radius 1 is 1.04 bits per heavy atom. The minimum atomic E-state index is -3.81. The highest BCUT2D eigenvalue weighted by Crippen LogP contribution is 2.17. The molecule has 0 saturated heterocycles. The van der Waals surface area contributed by atoms with Crippen molar-refractivity contribution in [2.45, 2.75) is 31.0 Å². The van der Waals surface area contributed by atoms with Crippen LogP contribution in [0.3, 0.4) is 0 Å². The van der Waals surface area contributed by atoms with Gasteiger partial charge in [-0.2, -0.15) is 4.72 Å². The number of rotatable bonds is 6. The smallest absolute Gasteiger partial charge is 0.269 e. The molecule has 7 nitrogen and oxygen atoms in total. The number of thiophene rings is 1. The molecule has 3 N–H and O–H groups in total. The fourth-order valence-corrected chi connectivity index (χ4v) is 4.46. The van der Waals surface area contributed by atoms with E-state index in [1.807, 2.05) is 6.92 Å². The number of amides is 2. The van der Waals surface area contributed by atoms with Gasteiger partial charge in [0.1, 0.15) is 10.3 Å². The molecule has 0 saturated carbocycles. The van der Waals surface area contributed by atoms with E-state index in [0.717, 1.165) is 16.9 Å². The van der Waals surface area contributed by atoms with Crippen LogP contribution in [0.15, 0.2) is 46.0 Å². The van der Waals surface area contributed by atoms with Crippen LogP contribution in [-0.2, 0) is 14.8 Å². The molecule has 0 aliphatic carbocycles. The van der Waals surface area contributed by atoms with Gasteiger partial charge in [0, 0.05) is 5.56 Å². The highest BCUT2D eigenvalue weighted by atomic mass is 32.2. The lowest BCUT2D eigenvalue weighted by Gasteiger charge is -2.21. The number of sulfonamides is 1. The zero-order chi connectivity index (χ0) is 19.3. The van der Waals surface area contributed by atoms with E-state index >= 15 is 0 Å². The second kappa shape index (κ2) is 8.43. The number of hydrazine groups is 1. The van der Waals surface area contributed by atoms with Crippen molar-refractivity contribution in [1.29, 1.82) is 0 Å². The van der Waals surface area contributed by atoms with Gasteiger partial charge < -0.3 is 0 Å². The predicted octanol–water partition coefficient (Wildman–Crippen LogP) is 1.82. The predicted molar refractivity (Wildman–Crippen MR) is 100 cm³/mol. The molecule has 9 heteroatoms. The van der Waals surface area contributed by atoms with Crippen molar-refractivity contribution in [1.82, 2.24) is 15.6 Å². The number of hydrogen-bond acceptors (Lipinski definition) is 5. The van der Waals surface area contributed by atoms with Gasteiger partial charge in [0.25, 0.3) is 21.8 Å². The van der Waals surface area contributed by atoms with E-state index in [4.69, 9.17) is 0 Å². The Hall–Kier alpha value is -2.23. The Morgan fingerprint density at radius 3 is 2.23 bits per heavy atom. The zero-order valence-electron chi connectivity index (χ0n) is 14.6. The molecular weight excluding hydrogens is 374 g/mol. The summed E-state index contributed by atoms with van der Waals surface area (Å²) in [5.74, 6) is -1.44. The van der Waals surface area contributed by atoms with Gasteiger partial charge in [-0.1, -0.05) is 37.6 Å². The molecule has 1 atom stereocenters. The van der Waals surface area contributed by atoms with Crippen molar-refractivity contribution in [2.75, 3.05) is 0 Å². The van der Waals surface area contributed by atoms with Gasteiger partial charge in [0.15, 0.2) is 0 Å². The Kier molecular flexibility index (Phi) is 6.52. The molecule has 0 bridgehead atoms. The highest BCUT2D eigenvalue weighted by Gasteiger charge is 2.29. The number of carbonyl (C=O) groups excluding carboxylic acids is 2. The van der Waals surface area contributed by atoms with Crippen molar-refractivity contribution >= 4 is 33.2 Å². The Bertz CT molecular complexity index is 860. The number of carbonyl (C=O) groups is 2. The number of nitrogens with one attached hydrogen (secondary N) is 3. The van der Waals surface area contributed by atoms with E-state index in [-0.39, 0.29) is 10.1 Å². The summed E-state index contributed by atoms with van der Waals surface area (Å²) in [6.45, 7) is 5.32. The second-order valence-electron chi connectivity index (χ2n) is 6.08. The van der Waals surface area contributed by atoms with E-state index < -0.39 is 27.9 Å². The molecule has 1 heterocycles. The van der Waals surface area contributed by atoms with Gasteiger partial charge in [-0.05, 0) is 36.4 Å². The topological polar surface area (TPSA) is 104 Å². The van der Waals surface area contributed by atoms with Gasteiger partial charge in [-0.15, -0.1) is 11.3 Å². The average Bonchev–Trinajstić information content (AvgIpc) is 3.13. The van der Waals surface area contributed by atoms with E-state index in [1.165, 1.54) is 6.07 Å². The molecule has 1 aromatic carbocycles. The Labute approximate surface area is 156 Å². The molecule has 0 aliphatic rings. The third-order valence-electron chi connectivity index (χ3n) is 3.60. The first-order valence-electron chi connectivity index (χ1n) is 7.93. The third-order valence-corrected chi connectivity index (χ3v) is 6.44. The Balaban J connectivity index is 2.02. The van der Waals surface area contributed by atoms with Crippen LogP contribution in [0.1, 0.15) is 29.8 Å². The van der Waals surface area contributed by atoms with Crippen LogP contribution in [0.2, 0.25) is 0 Å². The summed E-state index contributed by atoms with van der Waals surface area (Å²) in [5, 5.41) is 1.64. The quantitative estimate of drug-likeness (QED) is 0.649. The van der Waals surface area contributed by atoms with Crippen LogP contribution < -0.4 is 15.6 Å². The number of aryl methyl sites for hydroxylation is 1. The monoisotopic (exact) mass is 395 g/mol. The van der Waals surface area contributed by atoms with Crippen molar-refractivity contribution in [2.24, 2.45) is 5.92 Å². The van der Waals surface area contributed by atoms with Gasteiger partial charge in [-0.25, -0.2) is 8.42 Å². The molecule has 2 aromatic rings. The maximum atomic E-state index is 12.4. The molecule has 2 rings (SSSR count). The van der Waals surface area contributed by atoms with Crippen LogP contribution in [-0.4, -0.2) is 26.3 Å². The van der Waals surface area contributed by atoms with Crippen LogP contribution in [0, 0.1) is 12.8 Å². The van der Waals surface area contributed by atoms with Crippen LogP contribution in [0.5, 0.6) is 0 Å². The summed E-state index contributed by atoms with van der Waals surface area (Å²) >= 11 is 1.06. The lowest BCUT2D eigenvalue weighted by Crippen LogP contribution is -2.54. The highest BCUT2D eigenvalue weighted by molar-refractivity contribution is 7.91. The fraction of sp³-hybridized carbons (Fsp3) is 0.294. The molecule has 140 valence electrons. The molecule has 0 radical (unpaired) electrons. The van der Waals surface area contributed by atoms with Gasteiger partial charge in [0.2, 0.25) is 0 Å². The molecule has 1 aromatic heterocycles. The number of hydrogen-bond donors (Lipinski definition) is 3. The maximum Gasteiger partial charge on any atom is 0.269 e. The van der Waals surface area contributed by atoms with Crippen molar-refractivity contribution in [3.8, 4) is 0 Å². The maximum absolute atomic E-state index is 12.4. The molecular formula is C17H21N3O4S2. The van der Waals surface area contributed by atoms with Gasteiger partial charge >= 0.3 is 0 Å². The second-order valence-corrected chi connectivity index (χ2v) is 8.97. The lowest BCUT2D eigenvalue weighted by atomic mass is 10.1. The molecule has 0 spiro atoms. The standard InChI is InChI=1S/C17H21N3O4S2/c1-11(2)15(20-26(23,24)14-5-4-10-25-14)17(22)19-18-16(21)13-8-6-12(3)7-9-13/h4-11,15,20H,1-3H3,(H,18,21)(H,19,22)/t15-/m1/s1. The van der Waals surface area contributed by atoms with Crippen molar-refractivity contribution < 1.29 is 18.0 Å². The number of benzene rings is 1. The largest absolute Gasteiger partial charge is 0.271 e. The summed E-state index contributed by atoms with van der Waals surface area (Å²) in [4.78, 5) is 24.4. The van der Waals surface area contributed by atoms with Crippen molar-refractivity contribution in [3.63, 3.8) is 0 Å². The normalized spacial score (nSPS) is 12.6. The zero-order valence-corrected chi connectivity index (χ0v) is 16.3. The molecule has 0 fully saturated rings. The first-order valence-corrected chi connectivity index (χ1v) is 10.3. The van der Waals surface area contributed by atoms with E-state index in [9.17, 15) is 18.0 Å². The van der Waals surface area contributed by atoms with E-state index in [0.29, 0.717) is 5.56 Å². The molecule has 2 amide bonds. The summed E-state index contributed by atoms with van der Waals surface area (Å²) in [6.07, 6.45) is 0. The minimum Gasteiger partial charge on any atom is -0.271 e. The van der Waals surface area contributed by atoms with Crippen molar-refractivity contribution in [3.05, 3.63) is 52.9 Å². The molecule has 26 heavy (non-hydrogen) atoms. The lowest BCUT2D eigenvalue weighted by molar-refractivity contribution is -0.124. The molecule has 0 aliphatic heterocycles. The third kappa shape index (κ3) is 5.13. The Morgan fingerprint density at radius 2 is 1.69 bits per heavy atom. The summed E-state index contributed by atoms with van der Waals surface area (Å²) in [5.41, 5.74) is 5.98. The summed E-state index contributed by atoms with van der Waals surface area (Å²) in [6, 6.07) is 8.88. The summed E-state index contributed by atoms with van der Waals surface area (Å²) < 4.78 is 27.2. The fourth-order valence-electron chi connectivity index (χ4n) is 2.11. The minimum absolute atomic E-state index is 0.125. The first-order chi connectivity index (χ1) is 12.2.